The molecule has 0 aliphatic heterocycles. The number of anilines is 1. The van der Waals surface area contributed by atoms with Crippen LogP contribution < -0.4 is 10.1 Å². The number of hydrogen-bond donors (Lipinski definition) is 1. The maximum Gasteiger partial charge on any atom is 0.257 e. The van der Waals surface area contributed by atoms with Gasteiger partial charge in [-0.25, -0.2) is 14.4 Å². The van der Waals surface area contributed by atoms with Crippen molar-refractivity contribution in [1.82, 2.24) is 9.97 Å². The SMILES string of the molecule is CCOc1nccnc1N[C@@H]1C[C@H]1c1cccc(F)c1. The van der Waals surface area contributed by atoms with Crippen LogP contribution in [0.2, 0.25) is 0 Å². The number of benzene rings is 1. The Kier molecular flexibility index (Phi) is 3.50. The Morgan fingerprint density at radius 3 is 3.00 bits per heavy atom. The van der Waals surface area contributed by atoms with Gasteiger partial charge >= 0.3 is 0 Å². The van der Waals surface area contributed by atoms with E-state index in [0.29, 0.717) is 24.2 Å². The van der Waals surface area contributed by atoms with Crippen molar-refractivity contribution in [2.24, 2.45) is 0 Å². The summed E-state index contributed by atoms with van der Waals surface area (Å²) in [7, 11) is 0. The Hall–Kier alpha value is -2.17. The normalized spacial score (nSPS) is 20.5. The van der Waals surface area contributed by atoms with Gasteiger partial charge in [0, 0.05) is 24.4 Å². The quantitative estimate of drug-likeness (QED) is 0.909. The lowest BCUT2D eigenvalue weighted by Crippen LogP contribution is -2.09. The van der Waals surface area contributed by atoms with Gasteiger partial charge in [-0.3, -0.25) is 0 Å². The first-order valence-corrected chi connectivity index (χ1v) is 6.73. The molecule has 5 heteroatoms. The fourth-order valence-electron chi connectivity index (χ4n) is 2.30. The third-order valence-electron chi connectivity index (χ3n) is 3.34. The number of ether oxygens (including phenoxy) is 1. The molecular formula is C15H16FN3O. The largest absolute Gasteiger partial charge is 0.475 e. The van der Waals surface area contributed by atoms with Gasteiger partial charge in [-0.15, -0.1) is 0 Å². The van der Waals surface area contributed by atoms with Crippen LogP contribution in [-0.2, 0) is 0 Å². The zero-order chi connectivity index (χ0) is 13.9. The van der Waals surface area contributed by atoms with Crippen LogP contribution in [0.4, 0.5) is 10.2 Å². The maximum absolute atomic E-state index is 13.2. The van der Waals surface area contributed by atoms with Crippen molar-refractivity contribution >= 4 is 5.82 Å². The molecule has 0 amide bonds. The summed E-state index contributed by atoms with van der Waals surface area (Å²) in [6, 6.07) is 7.01. The van der Waals surface area contributed by atoms with Crippen LogP contribution in [0.1, 0.15) is 24.8 Å². The standard InChI is InChI=1S/C15H16FN3O/c1-2-20-15-14(17-6-7-18-15)19-13-9-12(13)10-4-3-5-11(16)8-10/h3-8,12-13H,2,9H2,1H3,(H,17,19)/t12-,13+/m0/s1. The molecule has 20 heavy (non-hydrogen) atoms. The van der Waals surface area contributed by atoms with Gasteiger partial charge in [0.25, 0.3) is 5.88 Å². The van der Waals surface area contributed by atoms with Gasteiger partial charge in [-0.05, 0) is 31.0 Å². The summed E-state index contributed by atoms with van der Waals surface area (Å²) in [5.41, 5.74) is 1.02. The molecule has 1 aromatic heterocycles. The molecular weight excluding hydrogens is 257 g/mol. The molecule has 2 atom stereocenters. The highest BCUT2D eigenvalue weighted by atomic mass is 19.1. The highest BCUT2D eigenvalue weighted by molar-refractivity contribution is 5.48. The number of aromatic nitrogens is 2. The molecule has 3 rings (SSSR count). The van der Waals surface area contributed by atoms with Crippen molar-refractivity contribution in [1.29, 1.82) is 0 Å². The van der Waals surface area contributed by atoms with Crippen LogP contribution in [0.3, 0.4) is 0 Å². The second-order valence-corrected chi connectivity index (χ2v) is 4.79. The van der Waals surface area contributed by atoms with Crippen LogP contribution in [0.25, 0.3) is 0 Å². The highest BCUT2D eigenvalue weighted by Crippen LogP contribution is 2.43. The van der Waals surface area contributed by atoms with Gasteiger partial charge in [0.1, 0.15) is 5.82 Å². The topological polar surface area (TPSA) is 47.0 Å². The predicted octanol–water partition coefficient (Wildman–Crippen LogP) is 2.98. The fraction of sp³-hybridized carbons (Fsp3) is 0.333. The predicted molar refractivity (Wildman–Crippen MR) is 74.4 cm³/mol. The molecule has 1 aliphatic carbocycles. The molecule has 1 fully saturated rings. The van der Waals surface area contributed by atoms with E-state index in [-0.39, 0.29) is 11.9 Å². The molecule has 0 bridgehead atoms. The lowest BCUT2D eigenvalue weighted by Gasteiger charge is -2.09. The average molecular weight is 273 g/mol. The van der Waals surface area contributed by atoms with Crippen molar-refractivity contribution in [3.8, 4) is 5.88 Å². The van der Waals surface area contributed by atoms with Crippen LogP contribution in [-0.4, -0.2) is 22.6 Å². The van der Waals surface area contributed by atoms with Crippen LogP contribution in [0.5, 0.6) is 5.88 Å². The lowest BCUT2D eigenvalue weighted by molar-refractivity contribution is 0.327. The molecule has 104 valence electrons. The summed E-state index contributed by atoms with van der Waals surface area (Å²) < 4.78 is 18.6. The fourth-order valence-corrected chi connectivity index (χ4v) is 2.30. The second-order valence-electron chi connectivity index (χ2n) is 4.79. The summed E-state index contributed by atoms with van der Waals surface area (Å²) in [4.78, 5) is 8.40. The third kappa shape index (κ3) is 2.71. The Morgan fingerprint density at radius 1 is 1.35 bits per heavy atom. The molecule has 1 aromatic carbocycles. The van der Waals surface area contributed by atoms with Crippen LogP contribution >= 0.6 is 0 Å². The van der Waals surface area contributed by atoms with E-state index in [1.165, 1.54) is 6.07 Å². The Morgan fingerprint density at radius 2 is 2.20 bits per heavy atom. The van der Waals surface area contributed by atoms with Crippen LogP contribution in [0, 0.1) is 5.82 Å². The summed E-state index contributed by atoms with van der Waals surface area (Å²) in [6.07, 6.45) is 4.20. The van der Waals surface area contributed by atoms with E-state index in [2.05, 4.69) is 15.3 Å². The van der Waals surface area contributed by atoms with E-state index in [1.807, 2.05) is 13.0 Å². The number of hydrogen-bond acceptors (Lipinski definition) is 4. The first-order chi connectivity index (χ1) is 9.78. The van der Waals surface area contributed by atoms with Gasteiger partial charge in [0.05, 0.1) is 6.61 Å². The second kappa shape index (κ2) is 5.45. The first-order valence-electron chi connectivity index (χ1n) is 6.73. The molecule has 2 aromatic rings. The van der Waals surface area contributed by atoms with E-state index >= 15 is 0 Å². The van der Waals surface area contributed by atoms with Crippen molar-refractivity contribution < 1.29 is 9.13 Å². The molecule has 0 unspecified atom stereocenters. The van der Waals surface area contributed by atoms with Crippen molar-refractivity contribution in [2.45, 2.75) is 25.3 Å². The van der Waals surface area contributed by atoms with Crippen molar-refractivity contribution in [3.63, 3.8) is 0 Å². The molecule has 4 nitrogen and oxygen atoms in total. The summed E-state index contributed by atoms with van der Waals surface area (Å²) in [5.74, 6) is 1.29. The molecule has 1 heterocycles. The molecule has 0 radical (unpaired) electrons. The minimum atomic E-state index is -0.192. The lowest BCUT2D eigenvalue weighted by atomic mass is 10.1. The van der Waals surface area contributed by atoms with Gasteiger partial charge in [-0.2, -0.15) is 0 Å². The minimum Gasteiger partial charge on any atom is -0.475 e. The molecule has 0 saturated heterocycles. The Labute approximate surface area is 117 Å². The van der Waals surface area contributed by atoms with E-state index < -0.39 is 0 Å². The number of rotatable bonds is 5. The van der Waals surface area contributed by atoms with Gasteiger partial charge in [0.15, 0.2) is 5.82 Å². The third-order valence-corrected chi connectivity index (χ3v) is 3.34. The number of halogens is 1. The average Bonchev–Trinajstić information content (AvgIpc) is 3.21. The monoisotopic (exact) mass is 273 g/mol. The molecule has 1 saturated carbocycles. The minimum absolute atomic E-state index is 0.192. The number of nitrogens with one attached hydrogen (secondary N) is 1. The van der Waals surface area contributed by atoms with Crippen LogP contribution in [0.15, 0.2) is 36.7 Å². The van der Waals surface area contributed by atoms with Crippen molar-refractivity contribution in [2.75, 3.05) is 11.9 Å². The molecule has 0 spiro atoms. The van der Waals surface area contributed by atoms with Gasteiger partial charge < -0.3 is 10.1 Å². The van der Waals surface area contributed by atoms with Crippen molar-refractivity contribution in [3.05, 3.63) is 48.0 Å². The zero-order valence-electron chi connectivity index (χ0n) is 11.2. The van der Waals surface area contributed by atoms with E-state index in [1.54, 1.807) is 24.5 Å². The molecule has 1 N–H and O–H groups in total. The van der Waals surface area contributed by atoms with E-state index in [4.69, 9.17) is 4.74 Å². The van der Waals surface area contributed by atoms with E-state index in [0.717, 1.165) is 12.0 Å². The Bertz CT molecular complexity index is 605. The summed E-state index contributed by atoms with van der Waals surface area (Å²) in [6.45, 7) is 2.45. The first kappa shape index (κ1) is 12.8. The summed E-state index contributed by atoms with van der Waals surface area (Å²) in [5, 5.41) is 3.32. The van der Waals surface area contributed by atoms with Gasteiger partial charge in [-0.1, -0.05) is 12.1 Å². The Balaban J connectivity index is 1.69. The van der Waals surface area contributed by atoms with Gasteiger partial charge in [0.2, 0.25) is 0 Å². The highest BCUT2D eigenvalue weighted by Gasteiger charge is 2.39. The van der Waals surface area contributed by atoms with E-state index in [9.17, 15) is 4.39 Å². The zero-order valence-corrected chi connectivity index (χ0v) is 11.2. The maximum atomic E-state index is 13.2. The smallest absolute Gasteiger partial charge is 0.257 e. The summed E-state index contributed by atoms with van der Waals surface area (Å²) >= 11 is 0. The number of nitrogens with zero attached hydrogens (tertiary/aromatic N) is 2. The molecule has 1 aliphatic rings.